The fraction of sp³-hybridized carbons (Fsp3) is 1.00. The lowest BCUT2D eigenvalue weighted by molar-refractivity contribution is 0.793. The number of hydrogen-bond donors (Lipinski definition) is 0. The van der Waals surface area contributed by atoms with E-state index in [2.05, 4.69) is 9.63 Å². The molecule has 0 aromatic carbocycles. The Morgan fingerprint density at radius 1 is 1.43 bits per heavy atom. The second kappa shape index (κ2) is 4.12. The van der Waals surface area contributed by atoms with Crippen LogP contribution in [0.5, 0.6) is 0 Å². The van der Waals surface area contributed by atoms with Crippen LogP contribution in [0.15, 0.2) is 9.63 Å². The average Bonchev–Trinajstić information content (AvgIpc) is 1.61. The van der Waals surface area contributed by atoms with Crippen LogP contribution < -0.4 is 0 Å². The Hall–Kier alpha value is -0.0500. The molecule has 7 heavy (non-hydrogen) atoms. The molecular formula is C4H10N2S. The molecule has 0 aromatic rings. The van der Waals surface area contributed by atoms with Gasteiger partial charge in [0.15, 0.2) is 0 Å². The van der Waals surface area contributed by atoms with E-state index in [0.29, 0.717) is 6.04 Å². The van der Waals surface area contributed by atoms with Crippen LogP contribution in [0, 0.1) is 0 Å². The third-order valence-corrected chi connectivity index (χ3v) is 0.617. The first-order valence-electron chi connectivity index (χ1n) is 2.20. The molecule has 0 rings (SSSR count). The normalized spacial score (nSPS) is 11.4. The lowest BCUT2D eigenvalue weighted by Gasteiger charge is -1.87. The van der Waals surface area contributed by atoms with Gasteiger partial charge in [0.2, 0.25) is 0 Å². The zero-order chi connectivity index (χ0) is 5.70. The largest absolute Gasteiger partial charge is 0.179 e. The SMILES string of the molecule is CS/N=N/C(C)C. The van der Waals surface area contributed by atoms with Gasteiger partial charge in [0.1, 0.15) is 0 Å². The van der Waals surface area contributed by atoms with E-state index in [1.165, 1.54) is 11.9 Å². The molecule has 0 radical (unpaired) electrons. The van der Waals surface area contributed by atoms with Crippen LogP contribution in [0.2, 0.25) is 0 Å². The van der Waals surface area contributed by atoms with Crippen molar-refractivity contribution in [2.75, 3.05) is 6.26 Å². The molecule has 0 aromatic heterocycles. The fourth-order valence-corrected chi connectivity index (χ4v) is 0.424. The molecule has 0 aliphatic carbocycles. The molecule has 0 fully saturated rings. The van der Waals surface area contributed by atoms with Crippen molar-refractivity contribution in [3.8, 4) is 0 Å². The van der Waals surface area contributed by atoms with Gasteiger partial charge in [-0.25, -0.2) is 0 Å². The quantitative estimate of drug-likeness (QED) is 0.402. The smallest absolute Gasteiger partial charge is 0.0662 e. The van der Waals surface area contributed by atoms with Crippen molar-refractivity contribution < 1.29 is 0 Å². The first kappa shape index (κ1) is 6.95. The molecule has 0 heterocycles. The lowest BCUT2D eigenvalue weighted by Crippen LogP contribution is -1.82. The molecule has 0 amide bonds. The van der Waals surface area contributed by atoms with Gasteiger partial charge in [-0.2, -0.15) is 5.11 Å². The minimum atomic E-state index is 0.340. The summed E-state index contributed by atoms with van der Waals surface area (Å²) in [6, 6.07) is 0.340. The van der Waals surface area contributed by atoms with E-state index in [1.807, 2.05) is 20.1 Å². The van der Waals surface area contributed by atoms with Crippen molar-refractivity contribution in [3.05, 3.63) is 0 Å². The van der Waals surface area contributed by atoms with E-state index in [9.17, 15) is 0 Å². The van der Waals surface area contributed by atoms with Crippen LogP contribution in [0.25, 0.3) is 0 Å². The molecule has 0 saturated heterocycles. The number of nitrogens with zero attached hydrogens (tertiary/aromatic N) is 2. The topological polar surface area (TPSA) is 24.7 Å². The molecule has 0 atom stereocenters. The maximum Gasteiger partial charge on any atom is 0.0662 e. The lowest BCUT2D eigenvalue weighted by atomic mass is 10.4. The summed E-state index contributed by atoms with van der Waals surface area (Å²) >= 11 is 1.39. The molecule has 0 bridgehead atoms. The van der Waals surface area contributed by atoms with Gasteiger partial charge in [-0.3, -0.25) is 0 Å². The van der Waals surface area contributed by atoms with Crippen molar-refractivity contribution in [3.63, 3.8) is 0 Å². The molecule has 2 nitrogen and oxygen atoms in total. The molecular weight excluding hydrogens is 108 g/mol. The third kappa shape index (κ3) is 5.95. The average molecular weight is 118 g/mol. The highest BCUT2D eigenvalue weighted by Gasteiger charge is 1.80. The van der Waals surface area contributed by atoms with Crippen LogP contribution in [-0.4, -0.2) is 12.3 Å². The summed E-state index contributed by atoms with van der Waals surface area (Å²) in [5.41, 5.74) is 0. The summed E-state index contributed by atoms with van der Waals surface area (Å²) in [5.74, 6) is 0. The number of rotatable bonds is 2. The van der Waals surface area contributed by atoms with Gasteiger partial charge in [-0.1, -0.05) is 0 Å². The molecule has 3 heteroatoms. The third-order valence-electron chi connectivity index (χ3n) is 0.360. The zero-order valence-corrected chi connectivity index (χ0v) is 5.70. The minimum absolute atomic E-state index is 0.340. The standard InChI is InChI=1S/C4H10N2S/c1-4(2)5-6-7-3/h4H,1-3H3/b6-5+. The highest BCUT2D eigenvalue weighted by atomic mass is 32.2. The van der Waals surface area contributed by atoms with E-state index < -0.39 is 0 Å². The van der Waals surface area contributed by atoms with Gasteiger partial charge >= 0.3 is 0 Å². The zero-order valence-electron chi connectivity index (χ0n) is 4.88. The first-order valence-corrected chi connectivity index (χ1v) is 3.39. The Labute approximate surface area is 48.5 Å². The van der Waals surface area contributed by atoms with E-state index in [-0.39, 0.29) is 0 Å². The summed E-state index contributed by atoms with van der Waals surface area (Å²) in [5, 5.41) is 3.83. The van der Waals surface area contributed by atoms with E-state index in [0.717, 1.165) is 0 Å². The van der Waals surface area contributed by atoms with Crippen LogP contribution in [0.3, 0.4) is 0 Å². The Bertz CT molecular complexity index is 60.7. The Morgan fingerprint density at radius 2 is 2.00 bits per heavy atom. The molecule has 0 unspecified atom stereocenters. The maximum absolute atomic E-state index is 3.83. The van der Waals surface area contributed by atoms with Crippen molar-refractivity contribution in [2.24, 2.45) is 9.63 Å². The van der Waals surface area contributed by atoms with Crippen molar-refractivity contribution in [2.45, 2.75) is 19.9 Å². The second-order valence-electron chi connectivity index (χ2n) is 1.47. The van der Waals surface area contributed by atoms with Crippen molar-refractivity contribution >= 4 is 11.9 Å². The Kier molecular flexibility index (Phi) is 4.09. The highest BCUT2D eigenvalue weighted by molar-refractivity contribution is 7.97. The van der Waals surface area contributed by atoms with Crippen LogP contribution >= 0.6 is 11.9 Å². The number of hydrogen-bond acceptors (Lipinski definition) is 3. The molecule has 0 aliphatic heterocycles. The van der Waals surface area contributed by atoms with Crippen molar-refractivity contribution in [1.82, 2.24) is 0 Å². The minimum Gasteiger partial charge on any atom is -0.179 e. The van der Waals surface area contributed by atoms with E-state index >= 15 is 0 Å². The van der Waals surface area contributed by atoms with Gasteiger partial charge in [0.05, 0.1) is 6.04 Å². The van der Waals surface area contributed by atoms with Crippen molar-refractivity contribution in [1.29, 1.82) is 0 Å². The molecule has 42 valence electrons. The molecule has 0 N–H and O–H groups in total. The summed E-state index contributed by atoms with van der Waals surface area (Å²) in [6.45, 7) is 4.00. The summed E-state index contributed by atoms with van der Waals surface area (Å²) in [4.78, 5) is 0. The van der Waals surface area contributed by atoms with E-state index in [1.54, 1.807) is 0 Å². The molecule has 0 saturated carbocycles. The Morgan fingerprint density at radius 3 is 2.14 bits per heavy atom. The molecule has 0 spiro atoms. The first-order chi connectivity index (χ1) is 3.27. The fourth-order valence-electron chi connectivity index (χ4n) is 0.141. The molecule has 0 aliphatic rings. The van der Waals surface area contributed by atoms with Crippen LogP contribution in [0.4, 0.5) is 0 Å². The Balaban J connectivity index is 3.08. The highest BCUT2D eigenvalue weighted by Crippen LogP contribution is 1.96. The van der Waals surface area contributed by atoms with Gasteiger partial charge in [0.25, 0.3) is 0 Å². The predicted octanol–water partition coefficient (Wildman–Crippen LogP) is 2.12. The van der Waals surface area contributed by atoms with Gasteiger partial charge < -0.3 is 0 Å². The summed E-state index contributed by atoms with van der Waals surface area (Å²) < 4.78 is 3.71. The van der Waals surface area contributed by atoms with E-state index in [4.69, 9.17) is 0 Å². The predicted molar refractivity (Wildman–Crippen MR) is 33.5 cm³/mol. The second-order valence-corrected chi connectivity index (χ2v) is 2.00. The van der Waals surface area contributed by atoms with Gasteiger partial charge in [0, 0.05) is 6.26 Å². The van der Waals surface area contributed by atoms with Gasteiger partial charge in [-0.05, 0) is 25.8 Å². The van der Waals surface area contributed by atoms with Gasteiger partial charge in [-0.15, -0.1) is 4.52 Å². The summed E-state index contributed by atoms with van der Waals surface area (Å²) in [6.07, 6.45) is 1.89. The van der Waals surface area contributed by atoms with Crippen LogP contribution in [0.1, 0.15) is 13.8 Å². The maximum atomic E-state index is 3.83. The van der Waals surface area contributed by atoms with Crippen LogP contribution in [-0.2, 0) is 0 Å². The summed E-state index contributed by atoms with van der Waals surface area (Å²) in [7, 11) is 0. The monoisotopic (exact) mass is 118 g/mol.